The summed E-state index contributed by atoms with van der Waals surface area (Å²) in [5.74, 6) is 0.651. The van der Waals surface area contributed by atoms with Gasteiger partial charge in [0.05, 0.1) is 18.8 Å². The molecular formula is C20H21F3N6O2. The summed E-state index contributed by atoms with van der Waals surface area (Å²) in [4.78, 5) is 23.1. The summed E-state index contributed by atoms with van der Waals surface area (Å²) in [5.41, 5.74) is 6.13. The molecule has 3 aromatic rings. The number of anilines is 2. The third-order valence-electron chi connectivity index (χ3n) is 4.90. The van der Waals surface area contributed by atoms with E-state index in [0.29, 0.717) is 49.2 Å². The van der Waals surface area contributed by atoms with Gasteiger partial charge in [-0.15, -0.1) is 0 Å². The zero-order valence-corrected chi connectivity index (χ0v) is 16.7. The SMILES string of the molecule is Cc1cc(NCc2cc(N)cc(C(F)(F)F)c2)n2cc(C(=O)N3CCOCC3)nc2n1. The third kappa shape index (κ3) is 4.55. The normalized spacial score (nSPS) is 14.8. The van der Waals surface area contributed by atoms with Crippen molar-refractivity contribution in [1.82, 2.24) is 19.3 Å². The van der Waals surface area contributed by atoms with Gasteiger partial charge in [-0.2, -0.15) is 13.2 Å². The average Bonchev–Trinajstić information content (AvgIpc) is 3.15. The first-order valence-electron chi connectivity index (χ1n) is 9.65. The van der Waals surface area contributed by atoms with E-state index in [1.54, 1.807) is 28.5 Å². The smallest absolute Gasteiger partial charge is 0.399 e. The Kier molecular flexibility index (Phi) is 5.44. The number of nitrogens with two attached hydrogens (primary N) is 1. The van der Waals surface area contributed by atoms with Crippen LogP contribution in [-0.4, -0.2) is 51.5 Å². The Bertz CT molecular complexity index is 1120. The average molecular weight is 434 g/mol. The van der Waals surface area contributed by atoms with E-state index in [2.05, 4.69) is 15.3 Å². The Balaban J connectivity index is 1.60. The predicted molar refractivity (Wildman–Crippen MR) is 108 cm³/mol. The number of carbonyl (C=O) groups excluding carboxylic acids is 1. The van der Waals surface area contributed by atoms with Crippen molar-refractivity contribution in [3.63, 3.8) is 0 Å². The van der Waals surface area contributed by atoms with Crippen LogP contribution in [0, 0.1) is 6.92 Å². The van der Waals surface area contributed by atoms with E-state index in [0.717, 1.165) is 12.1 Å². The molecule has 2 aromatic heterocycles. The van der Waals surface area contributed by atoms with Crippen molar-refractivity contribution in [2.75, 3.05) is 37.4 Å². The lowest BCUT2D eigenvalue weighted by atomic mass is 10.1. The lowest BCUT2D eigenvalue weighted by molar-refractivity contribution is -0.137. The second kappa shape index (κ2) is 8.06. The van der Waals surface area contributed by atoms with Gasteiger partial charge in [-0.05, 0) is 30.7 Å². The third-order valence-corrected chi connectivity index (χ3v) is 4.90. The van der Waals surface area contributed by atoms with Gasteiger partial charge in [0, 0.05) is 43.3 Å². The number of rotatable bonds is 4. The molecule has 1 saturated heterocycles. The van der Waals surface area contributed by atoms with Crippen LogP contribution < -0.4 is 11.1 Å². The van der Waals surface area contributed by atoms with Crippen molar-refractivity contribution >= 4 is 23.2 Å². The number of nitrogens with one attached hydrogen (secondary N) is 1. The molecule has 1 aromatic carbocycles. The van der Waals surface area contributed by atoms with Crippen LogP contribution in [0.1, 0.15) is 27.3 Å². The van der Waals surface area contributed by atoms with Crippen molar-refractivity contribution in [1.29, 1.82) is 0 Å². The van der Waals surface area contributed by atoms with Crippen molar-refractivity contribution in [3.8, 4) is 0 Å². The van der Waals surface area contributed by atoms with Crippen molar-refractivity contribution < 1.29 is 22.7 Å². The van der Waals surface area contributed by atoms with E-state index in [1.807, 2.05) is 0 Å². The molecule has 164 valence electrons. The van der Waals surface area contributed by atoms with Crippen LogP contribution in [0.5, 0.6) is 0 Å². The molecule has 0 spiro atoms. The van der Waals surface area contributed by atoms with Crippen LogP contribution in [0.2, 0.25) is 0 Å². The molecule has 1 fully saturated rings. The fourth-order valence-corrected chi connectivity index (χ4v) is 3.43. The summed E-state index contributed by atoms with van der Waals surface area (Å²) in [6.45, 7) is 3.79. The minimum Gasteiger partial charge on any atom is -0.399 e. The first-order chi connectivity index (χ1) is 14.7. The summed E-state index contributed by atoms with van der Waals surface area (Å²) < 4.78 is 46.1. The first kappa shape index (κ1) is 20.9. The number of ether oxygens (including phenoxy) is 1. The van der Waals surface area contributed by atoms with Gasteiger partial charge >= 0.3 is 6.18 Å². The lowest BCUT2D eigenvalue weighted by Crippen LogP contribution is -2.40. The van der Waals surface area contributed by atoms with Crippen molar-refractivity contribution in [2.24, 2.45) is 0 Å². The molecule has 0 unspecified atom stereocenters. The quantitative estimate of drug-likeness (QED) is 0.613. The highest BCUT2D eigenvalue weighted by atomic mass is 19.4. The largest absolute Gasteiger partial charge is 0.416 e. The molecule has 0 saturated carbocycles. The fraction of sp³-hybridized carbons (Fsp3) is 0.350. The maximum Gasteiger partial charge on any atom is 0.416 e. The van der Waals surface area contributed by atoms with Crippen LogP contribution >= 0.6 is 0 Å². The van der Waals surface area contributed by atoms with E-state index < -0.39 is 11.7 Å². The van der Waals surface area contributed by atoms with Gasteiger partial charge in [0.15, 0.2) is 0 Å². The summed E-state index contributed by atoms with van der Waals surface area (Å²) >= 11 is 0. The Labute approximate surface area is 175 Å². The standard InChI is InChI=1S/C20H21F3N6O2/c1-12-6-17(25-10-13-7-14(20(21,22)23)9-15(24)8-13)29-11-16(27-19(29)26-12)18(30)28-2-4-31-5-3-28/h6-9,11,25H,2-5,10,24H2,1H3. The van der Waals surface area contributed by atoms with Crippen LogP contribution in [0.25, 0.3) is 5.78 Å². The number of amides is 1. The Morgan fingerprint density at radius 2 is 1.94 bits per heavy atom. The lowest BCUT2D eigenvalue weighted by Gasteiger charge is -2.25. The number of aryl methyl sites for hydroxylation is 1. The molecular weight excluding hydrogens is 413 g/mol. The second-order valence-corrected chi connectivity index (χ2v) is 7.30. The Hall–Kier alpha value is -3.34. The highest BCUT2D eigenvalue weighted by Gasteiger charge is 2.31. The topological polar surface area (TPSA) is 97.8 Å². The molecule has 0 radical (unpaired) electrons. The number of carbonyl (C=O) groups is 1. The number of nitrogen functional groups attached to an aromatic ring is 1. The molecule has 1 amide bonds. The van der Waals surface area contributed by atoms with Crippen LogP contribution in [-0.2, 0) is 17.5 Å². The van der Waals surface area contributed by atoms with Gasteiger partial charge in [-0.1, -0.05) is 0 Å². The molecule has 11 heteroatoms. The second-order valence-electron chi connectivity index (χ2n) is 7.30. The number of halogens is 3. The minimum atomic E-state index is -4.48. The Morgan fingerprint density at radius 1 is 1.19 bits per heavy atom. The molecule has 3 heterocycles. The number of morpholine rings is 1. The maximum atomic E-state index is 13.1. The highest BCUT2D eigenvalue weighted by molar-refractivity contribution is 5.93. The van der Waals surface area contributed by atoms with Gasteiger partial charge in [0.2, 0.25) is 5.78 Å². The molecule has 1 aliphatic heterocycles. The molecule has 0 aliphatic carbocycles. The van der Waals surface area contributed by atoms with Gasteiger partial charge < -0.3 is 20.7 Å². The zero-order valence-electron chi connectivity index (χ0n) is 16.7. The maximum absolute atomic E-state index is 13.1. The van der Waals surface area contributed by atoms with Crippen LogP contribution in [0.3, 0.4) is 0 Å². The number of aromatic nitrogens is 3. The highest BCUT2D eigenvalue weighted by Crippen LogP contribution is 2.31. The zero-order chi connectivity index (χ0) is 22.2. The number of fused-ring (bicyclic) bond motifs is 1. The van der Waals surface area contributed by atoms with Gasteiger partial charge in [-0.3, -0.25) is 9.20 Å². The fourth-order valence-electron chi connectivity index (χ4n) is 3.43. The van der Waals surface area contributed by atoms with Crippen LogP contribution in [0.4, 0.5) is 24.7 Å². The van der Waals surface area contributed by atoms with Gasteiger partial charge in [0.1, 0.15) is 11.5 Å². The molecule has 4 rings (SSSR count). The predicted octanol–water partition coefficient (Wildman–Crippen LogP) is 2.72. The molecule has 0 bridgehead atoms. The van der Waals surface area contributed by atoms with E-state index in [9.17, 15) is 18.0 Å². The molecule has 0 atom stereocenters. The molecule has 3 N–H and O–H groups in total. The first-order valence-corrected chi connectivity index (χ1v) is 9.65. The van der Waals surface area contributed by atoms with Crippen LogP contribution in [0.15, 0.2) is 30.5 Å². The summed E-state index contributed by atoms with van der Waals surface area (Å²) in [7, 11) is 0. The Morgan fingerprint density at radius 3 is 2.65 bits per heavy atom. The minimum absolute atomic E-state index is 0.0312. The number of imidazole rings is 1. The molecule has 8 nitrogen and oxygen atoms in total. The summed E-state index contributed by atoms with van der Waals surface area (Å²) in [6.07, 6.45) is -2.91. The van der Waals surface area contributed by atoms with Crippen molar-refractivity contribution in [2.45, 2.75) is 19.6 Å². The summed E-state index contributed by atoms with van der Waals surface area (Å²) in [5, 5.41) is 3.10. The van der Waals surface area contributed by atoms with Gasteiger partial charge in [-0.25, -0.2) is 9.97 Å². The summed E-state index contributed by atoms with van der Waals surface area (Å²) in [6, 6.07) is 5.16. The molecule has 1 aliphatic rings. The number of benzene rings is 1. The van der Waals surface area contributed by atoms with E-state index in [-0.39, 0.29) is 23.8 Å². The molecule has 31 heavy (non-hydrogen) atoms. The van der Waals surface area contributed by atoms with Crippen molar-refractivity contribution in [3.05, 3.63) is 53.0 Å². The van der Waals surface area contributed by atoms with E-state index in [1.165, 1.54) is 6.07 Å². The van der Waals surface area contributed by atoms with E-state index in [4.69, 9.17) is 10.5 Å². The van der Waals surface area contributed by atoms with E-state index >= 15 is 0 Å². The number of nitrogens with zero attached hydrogens (tertiary/aromatic N) is 4. The number of hydrogen-bond acceptors (Lipinski definition) is 6. The number of hydrogen-bond donors (Lipinski definition) is 2. The monoisotopic (exact) mass is 434 g/mol. The number of alkyl halides is 3. The van der Waals surface area contributed by atoms with Gasteiger partial charge in [0.25, 0.3) is 5.91 Å².